The van der Waals surface area contributed by atoms with E-state index in [1.807, 2.05) is 36.4 Å². The Morgan fingerprint density at radius 2 is 1.35 bits per heavy atom. The molecule has 43 heavy (non-hydrogen) atoms. The molecule has 0 radical (unpaired) electrons. The molecule has 0 aliphatic carbocycles. The van der Waals surface area contributed by atoms with Gasteiger partial charge in [-0.2, -0.15) is 0 Å². The summed E-state index contributed by atoms with van der Waals surface area (Å²) in [7, 11) is 2.08. The molecular weight excluding hydrogens is 727 g/mol. The Labute approximate surface area is 274 Å². The summed E-state index contributed by atoms with van der Waals surface area (Å²) >= 11 is 6.89. The lowest BCUT2D eigenvalue weighted by molar-refractivity contribution is 0.409. The molecule has 4 aromatic heterocycles. The first-order valence-electron chi connectivity index (χ1n) is 13.5. The van der Waals surface area contributed by atoms with E-state index in [9.17, 15) is 9.59 Å². The number of rotatable bonds is 2. The number of halogens is 4. The van der Waals surface area contributed by atoms with Gasteiger partial charge in [0.15, 0.2) is 0 Å². The number of likely N-dealkylation sites (N-methyl/N-ethyl adjacent to an activating group) is 1. The number of hydrogen-bond donors (Lipinski definition) is 3. The second-order valence-corrected chi connectivity index (χ2v) is 12.5. The first-order valence-corrected chi connectivity index (χ1v) is 15.1. The predicted molar refractivity (Wildman–Crippen MR) is 179 cm³/mol. The van der Waals surface area contributed by atoms with Crippen LogP contribution in [-0.4, -0.2) is 58.1 Å². The third kappa shape index (κ3) is 6.01. The molecule has 2 unspecified atom stereocenters. The molecule has 14 heteroatoms. The molecule has 8 rings (SSSR count). The highest BCUT2D eigenvalue weighted by Gasteiger charge is 2.25. The Kier molecular flexibility index (Phi) is 9.36. The first kappa shape index (κ1) is 31.7. The quantitative estimate of drug-likeness (QED) is 0.190. The van der Waals surface area contributed by atoms with Crippen molar-refractivity contribution in [3.05, 3.63) is 77.7 Å². The minimum absolute atomic E-state index is 0. The minimum atomic E-state index is -0.204. The summed E-state index contributed by atoms with van der Waals surface area (Å²) in [5, 5.41) is 5.03. The maximum absolute atomic E-state index is 12.3. The van der Waals surface area contributed by atoms with Crippen LogP contribution in [0.25, 0.3) is 44.1 Å². The number of aromatic nitrogens is 4. The van der Waals surface area contributed by atoms with Crippen LogP contribution in [0, 0.1) is 0 Å². The number of likely N-dealkylation sites (tertiary alicyclic amines) is 1. The third-order valence-electron chi connectivity index (χ3n) is 7.83. The lowest BCUT2D eigenvalue weighted by atomic mass is 10.1. The first-order chi connectivity index (χ1) is 19.8. The molecule has 2 aliphatic rings. The van der Waals surface area contributed by atoms with E-state index in [1.165, 1.54) is 0 Å². The second-order valence-electron chi connectivity index (χ2n) is 10.7. The summed E-state index contributed by atoms with van der Waals surface area (Å²) in [5.41, 5.74) is 2.87. The molecule has 2 saturated heterocycles. The normalized spacial score (nSPS) is 18.6. The number of fused-ring (bicyclic) bond motifs is 6. The molecule has 0 bridgehead atoms. The van der Waals surface area contributed by atoms with Crippen molar-refractivity contribution in [2.45, 2.75) is 24.7 Å². The van der Waals surface area contributed by atoms with Crippen molar-refractivity contribution >= 4 is 101 Å². The highest BCUT2D eigenvalue weighted by molar-refractivity contribution is 9.10. The van der Waals surface area contributed by atoms with Crippen molar-refractivity contribution in [3.63, 3.8) is 0 Å². The summed E-state index contributed by atoms with van der Waals surface area (Å²) in [6.07, 6.45) is 2.01. The van der Waals surface area contributed by atoms with Crippen LogP contribution >= 0.6 is 56.7 Å². The van der Waals surface area contributed by atoms with Gasteiger partial charge in [-0.3, -0.25) is 9.59 Å². The van der Waals surface area contributed by atoms with Gasteiger partial charge in [-0.1, -0.05) is 31.9 Å². The molecule has 0 saturated carbocycles. The highest BCUT2D eigenvalue weighted by Crippen LogP contribution is 2.31. The molecule has 2 aromatic carbocycles. The zero-order valence-corrected chi connectivity index (χ0v) is 27.7. The number of nitrogens with one attached hydrogen (secondary N) is 3. The van der Waals surface area contributed by atoms with Crippen molar-refractivity contribution < 1.29 is 8.83 Å². The lowest BCUT2D eigenvalue weighted by Crippen LogP contribution is -2.17. The number of aromatic amines is 2. The molecule has 6 heterocycles. The fourth-order valence-electron chi connectivity index (χ4n) is 5.72. The summed E-state index contributed by atoms with van der Waals surface area (Å²) in [6.45, 7) is 3.77. The van der Waals surface area contributed by atoms with Crippen molar-refractivity contribution in [2.75, 3.05) is 33.2 Å². The predicted octanol–water partition coefficient (Wildman–Crippen LogP) is 6.20. The highest BCUT2D eigenvalue weighted by atomic mass is 79.9. The molecule has 6 aromatic rings. The molecule has 10 nitrogen and oxygen atoms in total. The van der Waals surface area contributed by atoms with Crippen molar-refractivity contribution in [2.24, 2.45) is 0 Å². The van der Waals surface area contributed by atoms with Gasteiger partial charge in [-0.25, -0.2) is 9.97 Å². The third-order valence-corrected chi connectivity index (χ3v) is 8.82. The molecule has 0 amide bonds. The number of furan rings is 2. The van der Waals surface area contributed by atoms with Gasteiger partial charge in [0.1, 0.15) is 33.8 Å². The van der Waals surface area contributed by atoms with Crippen LogP contribution in [0.1, 0.15) is 36.3 Å². The maximum Gasteiger partial charge on any atom is 0.294 e. The number of H-pyrrole nitrogens is 2. The van der Waals surface area contributed by atoms with Crippen LogP contribution in [-0.2, 0) is 0 Å². The smallest absolute Gasteiger partial charge is 0.294 e. The standard InChI is InChI=1S/C15H14BrN3O2.C14H12BrN3O2.2ClH/c1-19-5-4-8(7-19)14-17-12-10-6-9(16)2-3-11(10)21-13(12)15(20)18-14;15-8-1-2-10-9(5-8)11-12(20-10)14(19)18-13(17-11)7-3-4-16-6-7;;/h2-3,6,8H,4-5,7H2,1H3,(H,17,18,20);1-2,5,7,16H,3-4,6H2,(H,17,18,19);2*1H. The lowest BCUT2D eigenvalue weighted by Gasteiger charge is -2.09. The van der Waals surface area contributed by atoms with Gasteiger partial charge in [0.05, 0.1) is 0 Å². The van der Waals surface area contributed by atoms with Crippen LogP contribution in [0.5, 0.6) is 0 Å². The van der Waals surface area contributed by atoms with Gasteiger partial charge in [-0.15, -0.1) is 24.8 Å². The Bertz CT molecular complexity index is 2070. The topological polar surface area (TPSA) is 133 Å². The molecule has 226 valence electrons. The van der Waals surface area contributed by atoms with Crippen molar-refractivity contribution in [1.29, 1.82) is 0 Å². The van der Waals surface area contributed by atoms with Gasteiger partial charge in [-0.05, 0) is 69.4 Å². The van der Waals surface area contributed by atoms with E-state index in [4.69, 9.17) is 8.83 Å². The Morgan fingerprint density at radius 1 is 0.814 bits per heavy atom. The zero-order valence-electron chi connectivity index (χ0n) is 22.9. The Balaban J connectivity index is 0.000000164. The van der Waals surface area contributed by atoms with Crippen molar-refractivity contribution in [1.82, 2.24) is 30.2 Å². The molecule has 0 spiro atoms. The Morgan fingerprint density at radius 3 is 1.81 bits per heavy atom. The molecular formula is C29H28Br2Cl2N6O4. The second kappa shape index (κ2) is 12.7. The maximum atomic E-state index is 12.3. The van der Waals surface area contributed by atoms with Gasteiger partial charge >= 0.3 is 0 Å². The SMILES string of the molecule is CN1CCC(c2nc3c(oc4ccc(Br)cc43)c(=O)[nH]2)C1.Cl.Cl.O=c1[nH]c(C2CCNC2)nc2c1oc1ccc(Br)cc12. The van der Waals surface area contributed by atoms with E-state index in [-0.39, 0.29) is 47.8 Å². The summed E-state index contributed by atoms with van der Waals surface area (Å²) in [4.78, 5) is 41.8. The van der Waals surface area contributed by atoms with Crippen LogP contribution in [0.15, 0.2) is 63.8 Å². The summed E-state index contributed by atoms with van der Waals surface area (Å²) < 4.78 is 13.1. The van der Waals surface area contributed by atoms with Gasteiger partial charge in [0.25, 0.3) is 11.1 Å². The van der Waals surface area contributed by atoms with E-state index < -0.39 is 0 Å². The molecule has 3 N–H and O–H groups in total. The fraction of sp³-hybridized carbons (Fsp3) is 0.310. The van der Waals surface area contributed by atoms with Gasteiger partial charge < -0.3 is 29.0 Å². The number of nitrogens with zero attached hydrogens (tertiary/aromatic N) is 3. The van der Waals surface area contributed by atoms with E-state index in [1.54, 1.807) is 0 Å². The van der Waals surface area contributed by atoms with Gasteiger partial charge in [0.2, 0.25) is 11.2 Å². The zero-order chi connectivity index (χ0) is 28.2. The molecule has 2 aliphatic heterocycles. The van der Waals surface area contributed by atoms with E-state index in [0.29, 0.717) is 33.4 Å². The Hall–Kier alpha value is -2.74. The van der Waals surface area contributed by atoms with Crippen molar-refractivity contribution in [3.8, 4) is 0 Å². The fourth-order valence-corrected chi connectivity index (χ4v) is 6.44. The monoisotopic (exact) mass is 752 g/mol. The van der Waals surface area contributed by atoms with Gasteiger partial charge in [0, 0.05) is 44.6 Å². The van der Waals surface area contributed by atoms with E-state index in [0.717, 1.165) is 70.4 Å². The average molecular weight is 755 g/mol. The molecule has 2 atom stereocenters. The van der Waals surface area contributed by atoms with Crippen LogP contribution in [0.4, 0.5) is 0 Å². The van der Waals surface area contributed by atoms with E-state index >= 15 is 0 Å². The number of hydrogen-bond acceptors (Lipinski definition) is 8. The largest absolute Gasteiger partial charge is 0.449 e. The van der Waals surface area contributed by atoms with Crippen LogP contribution in [0.2, 0.25) is 0 Å². The van der Waals surface area contributed by atoms with Crippen LogP contribution < -0.4 is 16.4 Å². The van der Waals surface area contributed by atoms with Crippen LogP contribution in [0.3, 0.4) is 0 Å². The average Bonchev–Trinajstić information content (AvgIpc) is 3.75. The summed E-state index contributed by atoms with van der Waals surface area (Å²) in [5.74, 6) is 2.06. The molecule has 2 fully saturated rings. The van der Waals surface area contributed by atoms with E-state index in [2.05, 4.69) is 69.1 Å². The summed E-state index contributed by atoms with van der Waals surface area (Å²) in [6, 6.07) is 11.4. The minimum Gasteiger partial charge on any atom is -0.449 e. The number of benzene rings is 2.